The van der Waals surface area contributed by atoms with E-state index in [9.17, 15) is 4.39 Å². The van der Waals surface area contributed by atoms with Gasteiger partial charge in [0.15, 0.2) is 0 Å². The molecule has 3 aromatic rings. The third-order valence-electron chi connectivity index (χ3n) is 3.35. The molecule has 2 heterocycles. The maximum absolute atomic E-state index is 12.8. The minimum Gasteiger partial charge on any atom is -0.388 e. The molecule has 0 saturated carbocycles. The highest BCUT2D eigenvalue weighted by Crippen LogP contribution is 2.28. The monoisotopic (exact) mass is 279 g/mol. The molecule has 0 spiro atoms. The van der Waals surface area contributed by atoms with Gasteiger partial charge in [-0.2, -0.15) is 4.39 Å². The second kappa shape index (κ2) is 5.71. The van der Waals surface area contributed by atoms with Crippen molar-refractivity contribution >= 4 is 5.69 Å². The topological polar surface area (TPSA) is 37.8 Å². The van der Waals surface area contributed by atoms with E-state index in [1.807, 2.05) is 43.6 Å². The number of nitrogens with zero attached hydrogens (tertiary/aromatic N) is 2. The molecule has 104 valence electrons. The molecule has 0 aliphatic heterocycles. The highest BCUT2D eigenvalue weighted by molar-refractivity contribution is 5.78. The molecule has 0 bridgehead atoms. The molecule has 3 rings (SSSR count). The van der Waals surface area contributed by atoms with Crippen molar-refractivity contribution in [3.63, 3.8) is 0 Å². The van der Waals surface area contributed by atoms with Crippen LogP contribution in [0.4, 0.5) is 10.1 Å². The van der Waals surface area contributed by atoms with E-state index in [2.05, 4.69) is 15.3 Å². The summed E-state index contributed by atoms with van der Waals surface area (Å²) in [7, 11) is 1.89. The zero-order valence-corrected chi connectivity index (χ0v) is 11.5. The van der Waals surface area contributed by atoms with Crippen LogP contribution in [-0.2, 0) is 0 Å². The van der Waals surface area contributed by atoms with Crippen LogP contribution in [0.5, 0.6) is 0 Å². The van der Waals surface area contributed by atoms with Crippen LogP contribution in [0.25, 0.3) is 22.3 Å². The number of rotatable bonds is 3. The summed E-state index contributed by atoms with van der Waals surface area (Å²) >= 11 is 0. The summed E-state index contributed by atoms with van der Waals surface area (Å²) in [6, 6.07) is 13.1. The predicted octanol–water partition coefficient (Wildman–Crippen LogP) is 3.99. The molecular formula is C17H14FN3. The molecule has 21 heavy (non-hydrogen) atoms. The van der Waals surface area contributed by atoms with Gasteiger partial charge in [-0.3, -0.25) is 4.98 Å². The Bertz CT molecular complexity index is 737. The number of hydrogen-bond acceptors (Lipinski definition) is 3. The van der Waals surface area contributed by atoms with Crippen molar-refractivity contribution in [3.05, 3.63) is 67.0 Å². The normalized spacial score (nSPS) is 10.4. The summed E-state index contributed by atoms with van der Waals surface area (Å²) in [5.41, 5.74) is 5.04. The molecule has 0 saturated heterocycles. The molecule has 0 radical (unpaired) electrons. The lowest BCUT2D eigenvalue weighted by Crippen LogP contribution is -1.92. The Morgan fingerprint density at radius 2 is 1.57 bits per heavy atom. The summed E-state index contributed by atoms with van der Waals surface area (Å²) in [5.74, 6) is -0.468. The summed E-state index contributed by atoms with van der Waals surface area (Å²) in [4.78, 5) is 7.85. The number of halogens is 1. The first kappa shape index (κ1) is 13.2. The van der Waals surface area contributed by atoms with Crippen LogP contribution >= 0.6 is 0 Å². The molecule has 0 amide bonds. The standard InChI is InChI=1S/C17H14FN3/c1-19-16-8-9-20-11-15(16)13-4-2-12(3-5-13)14-6-7-17(18)21-10-14/h2-11H,1H3,(H,19,20). The fourth-order valence-corrected chi connectivity index (χ4v) is 2.23. The van der Waals surface area contributed by atoms with Crippen LogP contribution in [0.2, 0.25) is 0 Å². The molecule has 1 aromatic carbocycles. The lowest BCUT2D eigenvalue weighted by Gasteiger charge is -2.09. The number of nitrogens with one attached hydrogen (secondary N) is 1. The maximum atomic E-state index is 12.8. The fourth-order valence-electron chi connectivity index (χ4n) is 2.23. The number of benzene rings is 1. The van der Waals surface area contributed by atoms with E-state index >= 15 is 0 Å². The van der Waals surface area contributed by atoms with Crippen molar-refractivity contribution in [2.75, 3.05) is 12.4 Å². The lowest BCUT2D eigenvalue weighted by molar-refractivity contribution is 0.584. The molecule has 2 aromatic heterocycles. The third kappa shape index (κ3) is 2.74. The van der Waals surface area contributed by atoms with Gasteiger partial charge in [-0.15, -0.1) is 0 Å². The van der Waals surface area contributed by atoms with Crippen molar-refractivity contribution in [1.29, 1.82) is 0 Å². The Kier molecular flexibility index (Phi) is 3.60. The van der Waals surface area contributed by atoms with Crippen molar-refractivity contribution < 1.29 is 4.39 Å². The van der Waals surface area contributed by atoms with Gasteiger partial charge in [0, 0.05) is 42.5 Å². The lowest BCUT2D eigenvalue weighted by atomic mass is 10.0. The molecule has 1 N–H and O–H groups in total. The van der Waals surface area contributed by atoms with Gasteiger partial charge in [-0.05, 0) is 29.3 Å². The molecule has 4 heteroatoms. The second-order valence-electron chi connectivity index (χ2n) is 4.62. The van der Waals surface area contributed by atoms with E-state index in [0.717, 1.165) is 27.9 Å². The third-order valence-corrected chi connectivity index (χ3v) is 3.35. The van der Waals surface area contributed by atoms with Gasteiger partial charge in [0.25, 0.3) is 0 Å². The Balaban J connectivity index is 1.95. The zero-order valence-electron chi connectivity index (χ0n) is 11.5. The van der Waals surface area contributed by atoms with Gasteiger partial charge < -0.3 is 5.32 Å². The number of hydrogen-bond donors (Lipinski definition) is 1. The smallest absolute Gasteiger partial charge is 0.212 e. The summed E-state index contributed by atoms with van der Waals surface area (Å²) in [6.07, 6.45) is 5.13. The van der Waals surface area contributed by atoms with Gasteiger partial charge in [-0.25, -0.2) is 4.98 Å². The van der Waals surface area contributed by atoms with Crippen molar-refractivity contribution in [3.8, 4) is 22.3 Å². The van der Waals surface area contributed by atoms with Crippen LogP contribution in [0.15, 0.2) is 61.1 Å². The quantitative estimate of drug-likeness (QED) is 0.737. The van der Waals surface area contributed by atoms with Gasteiger partial charge in [-0.1, -0.05) is 24.3 Å². The highest BCUT2D eigenvalue weighted by atomic mass is 19.1. The van der Waals surface area contributed by atoms with Crippen molar-refractivity contribution in [1.82, 2.24) is 9.97 Å². The summed E-state index contributed by atoms with van der Waals surface area (Å²) in [6.45, 7) is 0. The van der Waals surface area contributed by atoms with Crippen molar-refractivity contribution in [2.24, 2.45) is 0 Å². The van der Waals surface area contributed by atoms with Crippen molar-refractivity contribution in [2.45, 2.75) is 0 Å². The van der Waals surface area contributed by atoms with Gasteiger partial charge in [0.1, 0.15) is 0 Å². The Hall–Kier alpha value is -2.75. The number of anilines is 1. The fraction of sp³-hybridized carbons (Fsp3) is 0.0588. The molecular weight excluding hydrogens is 265 g/mol. The van der Waals surface area contributed by atoms with Crippen LogP contribution in [0, 0.1) is 5.95 Å². The SMILES string of the molecule is CNc1ccncc1-c1ccc(-c2ccc(F)nc2)cc1. The van der Waals surface area contributed by atoms with E-state index in [1.54, 1.807) is 12.3 Å². The highest BCUT2D eigenvalue weighted by Gasteiger charge is 2.05. The average Bonchev–Trinajstić information content (AvgIpc) is 2.56. The molecule has 0 unspecified atom stereocenters. The van der Waals surface area contributed by atoms with E-state index in [4.69, 9.17) is 0 Å². The van der Waals surface area contributed by atoms with E-state index in [0.29, 0.717) is 0 Å². The number of pyridine rings is 2. The Labute approximate surface area is 122 Å². The molecule has 3 nitrogen and oxygen atoms in total. The average molecular weight is 279 g/mol. The largest absolute Gasteiger partial charge is 0.388 e. The Morgan fingerprint density at radius 1 is 0.857 bits per heavy atom. The van der Waals surface area contributed by atoms with E-state index < -0.39 is 5.95 Å². The second-order valence-corrected chi connectivity index (χ2v) is 4.62. The van der Waals surface area contributed by atoms with E-state index in [-0.39, 0.29) is 0 Å². The first-order chi connectivity index (χ1) is 10.3. The van der Waals surface area contributed by atoms with Gasteiger partial charge in [0.2, 0.25) is 5.95 Å². The minimum atomic E-state index is -0.468. The molecule has 0 fully saturated rings. The van der Waals surface area contributed by atoms with Crippen LogP contribution in [0.3, 0.4) is 0 Å². The number of aromatic nitrogens is 2. The minimum absolute atomic E-state index is 0.468. The molecule has 0 aliphatic carbocycles. The zero-order chi connectivity index (χ0) is 14.7. The van der Waals surface area contributed by atoms with Crippen LogP contribution in [0.1, 0.15) is 0 Å². The molecule has 0 aliphatic rings. The summed E-state index contributed by atoms with van der Waals surface area (Å²) < 4.78 is 12.8. The van der Waals surface area contributed by atoms with E-state index in [1.165, 1.54) is 12.3 Å². The maximum Gasteiger partial charge on any atom is 0.212 e. The van der Waals surface area contributed by atoms with Crippen LogP contribution < -0.4 is 5.32 Å². The first-order valence-electron chi connectivity index (χ1n) is 6.62. The first-order valence-corrected chi connectivity index (χ1v) is 6.62. The predicted molar refractivity (Wildman–Crippen MR) is 82.4 cm³/mol. The summed E-state index contributed by atoms with van der Waals surface area (Å²) in [5, 5.41) is 3.15. The van der Waals surface area contributed by atoms with Gasteiger partial charge in [0.05, 0.1) is 0 Å². The van der Waals surface area contributed by atoms with Gasteiger partial charge >= 0.3 is 0 Å². The molecule has 0 atom stereocenters. The Morgan fingerprint density at radius 3 is 2.24 bits per heavy atom. The van der Waals surface area contributed by atoms with Crippen LogP contribution in [-0.4, -0.2) is 17.0 Å².